The minimum Gasteiger partial charge on any atom is -0.504 e. The number of phenolic OH excluding ortho intramolecular Hbond substituents is 1. The van der Waals surface area contributed by atoms with E-state index in [2.05, 4.69) is 0 Å². The Morgan fingerprint density at radius 3 is 2.65 bits per heavy atom. The predicted molar refractivity (Wildman–Crippen MR) is 73.9 cm³/mol. The van der Waals surface area contributed by atoms with Crippen molar-refractivity contribution in [2.24, 2.45) is 0 Å². The van der Waals surface area contributed by atoms with Crippen molar-refractivity contribution in [1.82, 2.24) is 0 Å². The van der Waals surface area contributed by atoms with E-state index in [1.54, 1.807) is 0 Å². The standard InChI is InChI=1S/C14H18O9/c1-21-9-4-7(2-3-8(9)16)13(19)22-5-10-11(17)12(18)14(20,6-15)23-10/h2-4,10-12,15-18,20H,5-6H2,1H3/t10-,11-,12+,14-/m1/s1. The molecule has 0 bridgehead atoms. The fourth-order valence-corrected chi connectivity index (χ4v) is 2.18. The molecule has 1 fully saturated rings. The molecule has 0 aromatic heterocycles. The van der Waals surface area contributed by atoms with Crippen molar-refractivity contribution >= 4 is 5.97 Å². The SMILES string of the molecule is COc1cc(C(=O)OC[C@H]2O[C@](O)(CO)[C@@H](O)[C@@H]2O)ccc1O. The van der Waals surface area contributed by atoms with Gasteiger partial charge in [-0.05, 0) is 18.2 Å². The molecule has 1 aromatic carbocycles. The van der Waals surface area contributed by atoms with E-state index in [1.165, 1.54) is 25.3 Å². The summed E-state index contributed by atoms with van der Waals surface area (Å²) in [5, 5.41) is 47.5. The largest absolute Gasteiger partial charge is 0.504 e. The van der Waals surface area contributed by atoms with Crippen LogP contribution in [-0.4, -0.2) is 75.9 Å². The zero-order chi connectivity index (χ0) is 17.2. The number of aliphatic hydroxyl groups is 4. The number of hydrogen-bond donors (Lipinski definition) is 5. The number of ether oxygens (including phenoxy) is 3. The van der Waals surface area contributed by atoms with E-state index in [0.717, 1.165) is 0 Å². The molecule has 1 aliphatic heterocycles. The molecule has 128 valence electrons. The van der Waals surface area contributed by atoms with Gasteiger partial charge in [0, 0.05) is 0 Å². The Kier molecular flexibility index (Phi) is 5.07. The number of benzene rings is 1. The first-order valence-electron chi connectivity index (χ1n) is 6.73. The lowest BCUT2D eigenvalue weighted by molar-refractivity contribution is -0.248. The number of aliphatic hydroxyl groups excluding tert-OH is 3. The fourth-order valence-electron chi connectivity index (χ4n) is 2.18. The van der Waals surface area contributed by atoms with Crippen molar-refractivity contribution in [2.45, 2.75) is 24.1 Å². The summed E-state index contributed by atoms with van der Waals surface area (Å²) < 4.78 is 14.7. The molecule has 1 aliphatic rings. The molecule has 0 spiro atoms. The Balaban J connectivity index is 2.00. The number of methoxy groups -OCH3 is 1. The molecule has 1 heterocycles. The van der Waals surface area contributed by atoms with Crippen LogP contribution < -0.4 is 4.74 Å². The highest BCUT2D eigenvalue weighted by molar-refractivity contribution is 5.90. The summed E-state index contributed by atoms with van der Waals surface area (Å²) in [6.07, 6.45) is -4.47. The summed E-state index contributed by atoms with van der Waals surface area (Å²) in [5.41, 5.74) is 0.0881. The Morgan fingerprint density at radius 2 is 2.09 bits per heavy atom. The van der Waals surface area contributed by atoms with Gasteiger partial charge in [-0.3, -0.25) is 0 Å². The lowest BCUT2D eigenvalue weighted by Gasteiger charge is -2.22. The second kappa shape index (κ2) is 6.69. The Bertz CT molecular complexity index is 575. The third-order valence-corrected chi connectivity index (χ3v) is 3.54. The maximum absolute atomic E-state index is 11.9. The van der Waals surface area contributed by atoms with Crippen molar-refractivity contribution in [1.29, 1.82) is 0 Å². The van der Waals surface area contributed by atoms with Gasteiger partial charge in [-0.15, -0.1) is 0 Å². The van der Waals surface area contributed by atoms with Gasteiger partial charge in [0.15, 0.2) is 11.5 Å². The summed E-state index contributed by atoms with van der Waals surface area (Å²) in [5.74, 6) is -3.15. The molecule has 23 heavy (non-hydrogen) atoms. The van der Waals surface area contributed by atoms with Crippen LogP contribution in [0.25, 0.3) is 0 Å². The molecule has 0 unspecified atom stereocenters. The maximum Gasteiger partial charge on any atom is 0.338 e. The van der Waals surface area contributed by atoms with Crippen LogP contribution in [0.3, 0.4) is 0 Å². The van der Waals surface area contributed by atoms with Crippen LogP contribution in [0.5, 0.6) is 11.5 Å². The van der Waals surface area contributed by atoms with Crippen LogP contribution in [0.1, 0.15) is 10.4 Å². The smallest absolute Gasteiger partial charge is 0.338 e. The van der Waals surface area contributed by atoms with Gasteiger partial charge in [0.2, 0.25) is 5.79 Å². The van der Waals surface area contributed by atoms with E-state index in [9.17, 15) is 25.2 Å². The number of hydrogen-bond acceptors (Lipinski definition) is 9. The van der Waals surface area contributed by atoms with Gasteiger partial charge in [0.25, 0.3) is 0 Å². The molecule has 1 aromatic rings. The normalized spacial score (nSPS) is 30.2. The van der Waals surface area contributed by atoms with Crippen molar-refractivity contribution < 1.29 is 44.5 Å². The van der Waals surface area contributed by atoms with E-state index in [-0.39, 0.29) is 17.1 Å². The Labute approximate surface area is 131 Å². The maximum atomic E-state index is 11.9. The third-order valence-electron chi connectivity index (χ3n) is 3.54. The summed E-state index contributed by atoms with van der Waals surface area (Å²) in [4.78, 5) is 11.9. The molecule has 9 nitrogen and oxygen atoms in total. The quantitative estimate of drug-likeness (QED) is 0.401. The number of carbonyl (C=O) groups is 1. The number of phenols is 1. The lowest BCUT2D eigenvalue weighted by Crippen LogP contribution is -2.46. The number of carbonyl (C=O) groups excluding carboxylic acids is 1. The van der Waals surface area contributed by atoms with Crippen LogP contribution in [0, 0.1) is 0 Å². The first kappa shape index (κ1) is 17.4. The number of esters is 1. The highest BCUT2D eigenvalue weighted by Crippen LogP contribution is 2.30. The van der Waals surface area contributed by atoms with Gasteiger partial charge in [-0.25, -0.2) is 4.79 Å². The van der Waals surface area contributed by atoms with Gasteiger partial charge in [0.05, 0.1) is 19.3 Å². The zero-order valence-electron chi connectivity index (χ0n) is 12.2. The average Bonchev–Trinajstić information content (AvgIpc) is 2.77. The second-order valence-corrected chi connectivity index (χ2v) is 5.08. The van der Waals surface area contributed by atoms with E-state index in [1.807, 2.05) is 0 Å². The topological polar surface area (TPSA) is 146 Å². The van der Waals surface area contributed by atoms with Crippen LogP contribution >= 0.6 is 0 Å². The van der Waals surface area contributed by atoms with Crippen molar-refractivity contribution in [3.05, 3.63) is 23.8 Å². The van der Waals surface area contributed by atoms with E-state index < -0.39 is 43.3 Å². The van der Waals surface area contributed by atoms with Gasteiger partial charge >= 0.3 is 5.97 Å². The second-order valence-electron chi connectivity index (χ2n) is 5.08. The Morgan fingerprint density at radius 1 is 1.39 bits per heavy atom. The molecule has 4 atom stereocenters. The molecule has 5 N–H and O–H groups in total. The average molecular weight is 330 g/mol. The zero-order valence-corrected chi connectivity index (χ0v) is 12.2. The summed E-state index contributed by atoms with van der Waals surface area (Å²) in [6.45, 7) is -1.38. The molecule has 0 radical (unpaired) electrons. The van der Waals surface area contributed by atoms with Gasteiger partial charge < -0.3 is 39.7 Å². The molecule has 2 rings (SSSR count). The van der Waals surface area contributed by atoms with E-state index >= 15 is 0 Å². The summed E-state index contributed by atoms with van der Waals surface area (Å²) in [6, 6.07) is 3.83. The van der Waals surface area contributed by atoms with Gasteiger partial charge in [-0.1, -0.05) is 0 Å². The molecule has 9 heteroatoms. The first-order chi connectivity index (χ1) is 10.8. The van der Waals surface area contributed by atoms with Crippen LogP contribution in [0.4, 0.5) is 0 Å². The molecule has 0 saturated carbocycles. The highest BCUT2D eigenvalue weighted by Gasteiger charge is 2.53. The van der Waals surface area contributed by atoms with Crippen molar-refractivity contribution in [3.8, 4) is 11.5 Å². The van der Waals surface area contributed by atoms with Crippen molar-refractivity contribution in [3.63, 3.8) is 0 Å². The van der Waals surface area contributed by atoms with E-state index in [0.29, 0.717) is 0 Å². The van der Waals surface area contributed by atoms with Gasteiger partial charge in [-0.2, -0.15) is 0 Å². The van der Waals surface area contributed by atoms with Crippen molar-refractivity contribution in [2.75, 3.05) is 20.3 Å². The molecule has 1 saturated heterocycles. The third kappa shape index (κ3) is 3.38. The van der Waals surface area contributed by atoms with Crippen LogP contribution in [0.2, 0.25) is 0 Å². The lowest BCUT2D eigenvalue weighted by atomic mass is 10.1. The fraction of sp³-hybridized carbons (Fsp3) is 0.500. The Hall–Kier alpha value is -1.91. The van der Waals surface area contributed by atoms with E-state index in [4.69, 9.17) is 19.3 Å². The summed E-state index contributed by atoms with van der Waals surface area (Å²) in [7, 11) is 1.32. The first-order valence-corrected chi connectivity index (χ1v) is 6.73. The molecular formula is C14H18O9. The highest BCUT2D eigenvalue weighted by atomic mass is 16.7. The van der Waals surface area contributed by atoms with Gasteiger partial charge in [0.1, 0.15) is 24.9 Å². The number of rotatable bonds is 5. The van der Waals surface area contributed by atoms with Crippen LogP contribution in [0.15, 0.2) is 18.2 Å². The summed E-state index contributed by atoms with van der Waals surface area (Å²) >= 11 is 0. The molecule has 0 amide bonds. The molecule has 0 aliphatic carbocycles. The minimum atomic E-state index is -2.31. The number of aromatic hydroxyl groups is 1. The monoisotopic (exact) mass is 330 g/mol. The molecular weight excluding hydrogens is 312 g/mol. The minimum absolute atomic E-state index is 0.0849. The van der Waals surface area contributed by atoms with Crippen LogP contribution in [-0.2, 0) is 9.47 Å². The predicted octanol–water partition coefficient (Wildman–Crippen LogP) is -1.64.